The molecule has 3 rings (SSSR count). The van der Waals surface area contributed by atoms with Crippen LogP contribution >= 0.6 is 15.9 Å². The number of hydrogen-bond donors (Lipinski definition) is 1. The third kappa shape index (κ3) is 4.89. The number of nitrogens with two attached hydrogens (primary N) is 1. The zero-order valence-electron chi connectivity index (χ0n) is 18.0. The van der Waals surface area contributed by atoms with E-state index in [0.29, 0.717) is 22.8 Å². The van der Waals surface area contributed by atoms with Crippen molar-refractivity contribution in [3.8, 4) is 17.6 Å². The van der Waals surface area contributed by atoms with Crippen LogP contribution in [0.15, 0.2) is 69.7 Å². The van der Waals surface area contributed by atoms with Crippen LogP contribution in [0.2, 0.25) is 0 Å². The minimum atomic E-state index is -0.733. The summed E-state index contributed by atoms with van der Waals surface area (Å²) in [7, 11) is 1.57. The van der Waals surface area contributed by atoms with Crippen molar-refractivity contribution in [3.63, 3.8) is 0 Å². The van der Waals surface area contributed by atoms with Gasteiger partial charge in [-0.15, -0.1) is 0 Å². The number of carbonyl (C=O) groups excluding carboxylic acids is 1. The van der Waals surface area contributed by atoms with Gasteiger partial charge in [-0.3, -0.25) is 0 Å². The van der Waals surface area contributed by atoms with Crippen LogP contribution in [0.25, 0.3) is 0 Å². The van der Waals surface area contributed by atoms with E-state index in [9.17, 15) is 10.1 Å². The topological polar surface area (TPSA) is 104 Å². The molecule has 0 aromatic heterocycles. The molecule has 1 heterocycles. The van der Waals surface area contributed by atoms with E-state index < -0.39 is 11.9 Å². The summed E-state index contributed by atoms with van der Waals surface area (Å²) in [6, 6.07) is 15.0. The summed E-state index contributed by atoms with van der Waals surface area (Å²) >= 11 is 3.43. The molecule has 7 nitrogen and oxygen atoms in total. The molecule has 8 heteroatoms. The van der Waals surface area contributed by atoms with Crippen LogP contribution in [-0.2, 0) is 20.9 Å². The lowest BCUT2D eigenvalue weighted by atomic mass is 9.82. The van der Waals surface area contributed by atoms with Crippen LogP contribution in [0.1, 0.15) is 30.9 Å². The highest BCUT2D eigenvalue weighted by molar-refractivity contribution is 9.10. The van der Waals surface area contributed by atoms with Gasteiger partial charge >= 0.3 is 5.97 Å². The van der Waals surface area contributed by atoms with Crippen molar-refractivity contribution in [2.75, 3.05) is 13.7 Å². The highest BCUT2D eigenvalue weighted by atomic mass is 79.9. The molecule has 1 aliphatic rings. The maximum atomic E-state index is 12.7. The first kappa shape index (κ1) is 23.2. The standard InChI is InChI=1S/C24H23BrN2O5/c1-4-30-24(28)21-14(2)32-23(27)19(12-26)22(21)15-8-9-20(29-3)16(10-15)13-31-18-7-5-6-17(25)11-18/h5-11,22H,4,13,27H2,1-3H3/t22-/m0/s1. The molecule has 32 heavy (non-hydrogen) atoms. The smallest absolute Gasteiger partial charge is 0.338 e. The number of hydrogen-bond acceptors (Lipinski definition) is 7. The maximum absolute atomic E-state index is 12.7. The SMILES string of the molecule is CCOC(=O)C1=C(C)OC(N)=C(C#N)[C@@H]1c1ccc(OC)c(COc2cccc(Br)c2)c1. The lowest BCUT2D eigenvalue weighted by molar-refractivity contribution is -0.139. The monoisotopic (exact) mass is 498 g/mol. The molecule has 0 aliphatic carbocycles. The van der Waals surface area contributed by atoms with Crippen molar-refractivity contribution in [1.29, 1.82) is 5.26 Å². The van der Waals surface area contributed by atoms with Gasteiger partial charge in [-0.05, 0) is 49.7 Å². The summed E-state index contributed by atoms with van der Waals surface area (Å²) in [5.41, 5.74) is 7.77. The second kappa shape index (κ2) is 10.2. The average molecular weight is 499 g/mol. The second-order valence-corrected chi connectivity index (χ2v) is 7.85. The quantitative estimate of drug-likeness (QED) is 0.552. The first-order chi connectivity index (χ1) is 15.4. The Labute approximate surface area is 195 Å². The number of carbonyl (C=O) groups is 1. The molecule has 1 aliphatic heterocycles. The first-order valence-electron chi connectivity index (χ1n) is 9.90. The Balaban J connectivity index is 2.03. The molecule has 2 aromatic carbocycles. The van der Waals surface area contributed by atoms with Crippen molar-refractivity contribution in [1.82, 2.24) is 0 Å². The molecule has 2 aromatic rings. The molecule has 1 atom stereocenters. The van der Waals surface area contributed by atoms with E-state index in [1.165, 1.54) is 0 Å². The van der Waals surface area contributed by atoms with Gasteiger partial charge in [-0.25, -0.2) is 4.79 Å². The highest BCUT2D eigenvalue weighted by Gasteiger charge is 2.36. The number of allylic oxidation sites excluding steroid dienone is 2. The van der Waals surface area contributed by atoms with Crippen LogP contribution in [0, 0.1) is 11.3 Å². The molecule has 2 N–H and O–H groups in total. The number of benzene rings is 2. The predicted octanol–water partition coefficient (Wildman–Crippen LogP) is 4.68. The van der Waals surface area contributed by atoms with Crippen LogP contribution in [0.4, 0.5) is 0 Å². The lowest BCUT2D eigenvalue weighted by Gasteiger charge is -2.27. The van der Waals surface area contributed by atoms with Gasteiger partial charge in [0.25, 0.3) is 0 Å². The molecular formula is C24H23BrN2O5. The van der Waals surface area contributed by atoms with E-state index in [1.807, 2.05) is 30.3 Å². The first-order valence-corrected chi connectivity index (χ1v) is 10.7. The molecular weight excluding hydrogens is 476 g/mol. The molecule has 0 amide bonds. The average Bonchev–Trinajstić information content (AvgIpc) is 2.77. The Morgan fingerprint density at radius 2 is 2.06 bits per heavy atom. The maximum Gasteiger partial charge on any atom is 0.338 e. The molecule has 0 radical (unpaired) electrons. The van der Waals surface area contributed by atoms with E-state index in [2.05, 4.69) is 22.0 Å². The van der Waals surface area contributed by atoms with E-state index in [1.54, 1.807) is 33.1 Å². The number of ether oxygens (including phenoxy) is 4. The van der Waals surface area contributed by atoms with Crippen LogP contribution < -0.4 is 15.2 Å². The van der Waals surface area contributed by atoms with Gasteiger partial charge in [-0.1, -0.05) is 28.1 Å². The van der Waals surface area contributed by atoms with E-state index in [4.69, 9.17) is 24.7 Å². The fraction of sp³-hybridized carbons (Fsp3) is 0.250. The third-order valence-corrected chi connectivity index (χ3v) is 5.42. The Bertz CT molecular complexity index is 1130. The summed E-state index contributed by atoms with van der Waals surface area (Å²) in [6.45, 7) is 3.75. The number of esters is 1. The van der Waals surface area contributed by atoms with Crippen molar-refractivity contribution in [2.45, 2.75) is 26.4 Å². The molecule has 0 fully saturated rings. The number of rotatable bonds is 7. The number of methoxy groups -OCH3 is 1. The molecule has 0 unspecified atom stereocenters. The summed E-state index contributed by atoms with van der Waals surface area (Å²) in [6.07, 6.45) is 0. The zero-order chi connectivity index (χ0) is 23.3. The Hall–Kier alpha value is -3.44. The molecule has 0 bridgehead atoms. The van der Waals surface area contributed by atoms with Gasteiger partial charge in [-0.2, -0.15) is 5.26 Å². The molecule has 166 valence electrons. The Morgan fingerprint density at radius 3 is 2.72 bits per heavy atom. The van der Waals surface area contributed by atoms with Gasteiger partial charge < -0.3 is 24.7 Å². The highest BCUT2D eigenvalue weighted by Crippen LogP contribution is 2.40. The molecule has 0 saturated carbocycles. The fourth-order valence-electron chi connectivity index (χ4n) is 3.50. The van der Waals surface area contributed by atoms with Crippen LogP contribution in [0.3, 0.4) is 0 Å². The van der Waals surface area contributed by atoms with E-state index in [0.717, 1.165) is 10.0 Å². The summed E-state index contributed by atoms with van der Waals surface area (Å²) in [5, 5.41) is 9.76. The van der Waals surface area contributed by atoms with E-state index in [-0.39, 0.29) is 30.2 Å². The van der Waals surface area contributed by atoms with Crippen molar-refractivity contribution in [3.05, 3.63) is 80.9 Å². The van der Waals surface area contributed by atoms with Crippen LogP contribution in [-0.4, -0.2) is 19.7 Å². The minimum Gasteiger partial charge on any atom is -0.496 e. The minimum absolute atomic E-state index is 0.0363. The van der Waals surface area contributed by atoms with Gasteiger partial charge in [0.15, 0.2) is 0 Å². The van der Waals surface area contributed by atoms with Gasteiger partial charge in [0.05, 0.1) is 25.2 Å². The van der Waals surface area contributed by atoms with Crippen molar-refractivity contribution < 1.29 is 23.7 Å². The summed E-state index contributed by atoms with van der Waals surface area (Å²) in [5.74, 6) is 0.271. The summed E-state index contributed by atoms with van der Waals surface area (Å²) < 4.78 is 23.0. The largest absolute Gasteiger partial charge is 0.496 e. The molecule has 0 saturated heterocycles. The lowest BCUT2D eigenvalue weighted by Crippen LogP contribution is -2.25. The molecule has 0 spiro atoms. The van der Waals surface area contributed by atoms with Crippen LogP contribution in [0.5, 0.6) is 11.5 Å². The van der Waals surface area contributed by atoms with Gasteiger partial charge in [0.2, 0.25) is 5.88 Å². The zero-order valence-corrected chi connectivity index (χ0v) is 19.6. The number of nitrogens with zero attached hydrogens (tertiary/aromatic N) is 1. The van der Waals surface area contributed by atoms with Gasteiger partial charge in [0.1, 0.15) is 35.5 Å². The Kier molecular flexibility index (Phi) is 7.44. The van der Waals surface area contributed by atoms with E-state index >= 15 is 0 Å². The number of nitriles is 1. The Morgan fingerprint density at radius 1 is 1.28 bits per heavy atom. The normalized spacial score (nSPS) is 15.7. The van der Waals surface area contributed by atoms with Crippen molar-refractivity contribution in [2.24, 2.45) is 5.73 Å². The van der Waals surface area contributed by atoms with Crippen molar-refractivity contribution >= 4 is 21.9 Å². The fourth-order valence-corrected chi connectivity index (χ4v) is 3.88. The summed E-state index contributed by atoms with van der Waals surface area (Å²) in [4.78, 5) is 12.7. The number of halogens is 1. The predicted molar refractivity (Wildman–Crippen MR) is 121 cm³/mol. The third-order valence-electron chi connectivity index (χ3n) is 4.93. The second-order valence-electron chi connectivity index (χ2n) is 6.93. The van der Waals surface area contributed by atoms with Gasteiger partial charge in [0, 0.05) is 10.0 Å².